The van der Waals surface area contributed by atoms with Gasteiger partial charge in [-0.2, -0.15) is 0 Å². The van der Waals surface area contributed by atoms with Crippen LogP contribution in [0.1, 0.15) is 53.2 Å². The highest BCUT2D eigenvalue weighted by Gasteiger charge is 2.28. The first-order valence-electron chi connectivity index (χ1n) is 13.6. The Hall–Kier alpha value is -3.54. The molecule has 1 saturated carbocycles. The van der Waals surface area contributed by atoms with Crippen LogP contribution in [0.4, 0.5) is 10.3 Å². The molecule has 0 radical (unpaired) electrons. The highest BCUT2D eigenvalue weighted by molar-refractivity contribution is 7.15. The van der Waals surface area contributed by atoms with Gasteiger partial charge in [-0.1, -0.05) is 96.2 Å². The Bertz CT molecular complexity index is 1370. The predicted octanol–water partition coefficient (Wildman–Crippen LogP) is 5.03. The van der Waals surface area contributed by atoms with Gasteiger partial charge in [-0.3, -0.25) is 9.59 Å². The number of nitrogens with one attached hydrogen (secondary N) is 3. The van der Waals surface area contributed by atoms with Gasteiger partial charge in [0.15, 0.2) is 0 Å². The van der Waals surface area contributed by atoms with Crippen molar-refractivity contribution in [3.63, 3.8) is 0 Å². The van der Waals surface area contributed by atoms with Crippen LogP contribution in [0.5, 0.6) is 0 Å². The van der Waals surface area contributed by atoms with Crippen molar-refractivity contribution in [2.24, 2.45) is 5.92 Å². The second-order valence-electron chi connectivity index (χ2n) is 10.1. The molecule has 5 rings (SSSR count). The van der Waals surface area contributed by atoms with E-state index in [9.17, 15) is 9.59 Å². The fourth-order valence-electron chi connectivity index (χ4n) is 4.75. The summed E-state index contributed by atoms with van der Waals surface area (Å²) in [5.41, 5.74) is 1.95. The molecule has 1 fully saturated rings. The number of rotatable bonds is 14. The van der Waals surface area contributed by atoms with Crippen LogP contribution in [0.25, 0.3) is 0 Å². The maximum Gasteiger partial charge on any atom is 0.230 e. The predicted molar refractivity (Wildman–Crippen MR) is 158 cm³/mol. The van der Waals surface area contributed by atoms with E-state index in [1.807, 2.05) is 60.7 Å². The molecule has 0 saturated heterocycles. The molecule has 40 heavy (non-hydrogen) atoms. The van der Waals surface area contributed by atoms with Crippen molar-refractivity contribution in [1.29, 1.82) is 0 Å². The lowest BCUT2D eigenvalue weighted by Gasteiger charge is -2.36. The maximum absolute atomic E-state index is 12.2. The van der Waals surface area contributed by atoms with E-state index < -0.39 is 0 Å². The van der Waals surface area contributed by atoms with Gasteiger partial charge >= 0.3 is 0 Å². The van der Waals surface area contributed by atoms with E-state index in [1.165, 1.54) is 41.9 Å². The molecule has 0 bridgehead atoms. The third kappa shape index (κ3) is 8.73. The SMILES string of the molecule is O=C(Cc1ccccc1)Nc1nnc(CCCCC2CC(NCc3nnc(NC(=O)Cc4ccccc4)s3)C2)s1. The molecule has 4 aromatic rings. The van der Waals surface area contributed by atoms with Gasteiger partial charge in [-0.05, 0) is 36.3 Å². The van der Waals surface area contributed by atoms with Crippen LogP contribution in [0.15, 0.2) is 60.7 Å². The van der Waals surface area contributed by atoms with Crippen LogP contribution in [0, 0.1) is 5.92 Å². The van der Waals surface area contributed by atoms with E-state index in [0.717, 1.165) is 46.3 Å². The summed E-state index contributed by atoms with van der Waals surface area (Å²) in [5.74, 6) is 0.599. The highest BCUT2D eigenvalue weighted by atomic mass is 32.1. The Morgan fingerprint density at radius 2 is 1.27 bits per heavy atom. The third-order valence-electron chi connectivity index (χ3n) is 6.87. The van der Waals surface area contributed by atoms with E-state index in [-0.39, 0.29) is 11.8 Å². The zero-order valence-electron chi connectivity index (χ0n) is 22.2. The Morgan fingerprint density at radius 1 is 0.725 bits per heavy atom. The van der Waals surface area contributed by atoms with Crippen molar-refractivity contribution >= 4 is 44.8 Å². The minimum Gasteiger partial charge on any atom is -0.308 e. The van der Waals surface area contributed by atoms with Crippen LogP contribution in [0.2, 0.25) is 0 Å². The van der Waals surface area contributed by atoms with E-state index in [4.69, 9.17) is 0 Å². The van der Waals surface area contributed by atoms with Crippen molar-refractivity contribution in [3.05, 3.63) is 81.8 Å². The molecule has 0 atom stereocenters. The topological polar surface area (TPSA) is 122 Å². The summed E-state index contributed by atoms with van der Waals surface area (Å²) in [5, 5.41) is 28.9. The standard InChI is InChI=1S/C29H33N7O2S2/c37-24(17-20-9-3-1-4-10-20)31-28-35-33-26(39-28)14-8-7-13-22-15-23(16-22)30-19-27-34-36-29(40-27)32-25(38)18-21-11-5-2-6-12-21/h1-6,9-12,22-23,30H,7-8,13-19H2,(H,31,35,37)(H,32,36,38). The van der Waals surface area contributed by atoms with Crippen molar-refractivity contribution in [2.45, 2.75) is 64.0 Å². The minimum atomic E-state index is -0.0825. The number of carbonyl (C=O) groups is 2. The van der Waals surface area contributed by atoms with Crippen LogP contribution in [-0.4, -0.2) is 38.3 Å². The molecule has 2 amide bonds. The summed E-state index contributed by atoms with van der Waals surface area (Å²) in [6.45, 7) is 0.672. The first-order valence-corrected chi connectivity index (χ1v) is 15.3. The lowest BCUT2D eigenvalue weighted by molar-refractivity contribution is -0.116. The van der Waals surface area contributed by atoms with Gasteiger partial charge in [-0.15, -0.1) is 20.4 Å². The molecular weight excluding hydrogens is 543 g/mol. The summed E-state index contributed by atoms with van der Waals surface area (Å²) in [6.07, 6.45) is 7.36. The maximum atomic E-state index is 12.2. The highest BCUT2D eigenvalue weighted by Crippen LogP contribution is 2.32. The second kappa shape index (κ2) is 14.2. The van der Waals surface area contributed by atoms with Crippen molar-refractivity contribution < 1.29 is 9.59 Å². The van der Waals surface area contributed by atoms with E-state index in [0.29, 0.717) is 35.7 Å². The molecule has 0 aliphatic heterocycles. The zero-order chi connectivity index (χ0) is 27.6. The molecule has 208 valence electrons. The summed E-state index contributed by atoms with van der Waals surface area (Å²) >= 11 is 2.88. The first-order chi connectivity index (χ1) is 19.6. The van der Waals surface area contributed by atoms with Crippen LogP contribution in [-0.2, 0) is 35.4 Å². The van der Waals surface area contributed by atoms with Crippen molar-refractivity contribution in [2.75, 3.05) is 10.6 Å². The fraction of sp³-hybridized carbons (Fsp3) is 0.379. The lowest BCUT2D eigenvalue weighted by Crippen LogP contribution is -2.40. The number of nitrogens with zero attached hydrogens (tertiary/aromatic N) is 4. The van der Waals surface area contributed by atoms with E-state index in [2.05, 4.69) is 36.3 Å². The molecule has 9 nitrogen and oxygen atoms in total. The van der Waals surface area contributed by atoms with E-state index in [1.54, 1.807) is 0 Å². The Labute approximate surface area is 241 Å². The van der Waals surface area contributed by atoms with Gasteiger partial charge in [-0.25, -0.2) is 0 Å². The smallest absolute Gasteiger partial charge is 0.230 e. The number of amides is 2. The summed E-state index contributed by atoms with van der Waals surface area (Å²) < 4.78 is 0. The van der Waals surface area contributed by atoms with Crippen LogP contribution >= 0.6 is 22.7 Å². The van der Waals surface area contributed by atoms with Crippen molar-refractivity contribution in [1.82, 2.24) is 25.7 Å². The van der Waals surface area contributed by atoms with Gasteiger partial charge in [0.25, 0.3) is 0 Å². The van der Waals surface area contributed by atoms with Crippen LogP contribution < -0.4 is 16.0 Å². The van der Waals surface area contributed by atoms with Gasteiger partial charge in [0, 0.05) is 12.5 Å². The average Bonchev–Trinajstić information content (AvgIpc) is 3.57. The van der Waals surface area contributed by atoms with Gasteiger partial charge in [0.2, 0.25) is 22.1 Å². The number of anilines is 2. The molecule has 0 unspecified atom stereocenters. The number of unbranched alkanes of at least 4 members (excludes halogenated alkanes) is 1. The van der Waals surface area contributed by atoms with E-state index >= 15 is 0 Å². The normalized spacial score (nSPS) is 16.3. The molecule has 2 aromatic carbocycles. The molecule has 2 heterocycles. The van der Waals surface area contributed by atoms with Gasteiger partial charge < -0.3 is 16.0 Å². The Kier molecular flexibility index (Phi) is 9.94. The van der Waals surface area contributed by atoms with Crippen LogP contribution in [0.3, 0.4) is 0 Å². The second-order valence-corrected chi connectivity index (χ2v) is 12.2. The fourth-order valence-corrected chi connectivity index (χ4v) is 6.25. The number of aryl methyl sites for hydroxylation is 1. The monoisotopic (exact) mass is 575 g/mol. The quantitative estimate of drug-likeness (QED) is 0.180. The summed E-state index contributed by atoms with van der Waals surface area (Å²) in [4.78, 5) is 24.4. The minimum absolute atomic E-state index is 0.0702. The Balaban J connectivity index is 0.913. The lowest BCUT2D eigenvalue weighted by atomic mass is 9.77. The molecule has 1 aliphatic rings. The molecule has 2 aromatic heterocycles. The third-order valence-corrected chi connectivity index (χ3v) is 8.61. The molecular formula is C29H33N7O2S2. The number of benzene rings is 2. The summed E-state index contributed by atoms with van der Waals surface area (Å²) in [7, 11) is 0. The molecule has 3 N–H and O–H groups in total. The number of aromatic nitrogens is 4. The average molecular weight is 576 g/mol. The van der Waals surface area contributed by atoms with Crippen molar-refractivity contribution in [3.8, 4) is 0 Å². The summed E-state index contributed by atoms with van der Waals surface area (Å²) in [6, 6.07) is 19.9. The molecule has 11 heteroatoms. The number of carbonyl (C=O) groups excluding carboxylic acids is 2. The van der Waals surface area contributed by atoms with Gasteiger partial charge in [0.05, 0.1) is 19.4 Å². The number of hydrogen-bond donors (Lipinski definition) is 3. The number of hydrogen-bond acceptors (Lipinski definition) is 9. The first kappa shape index (κ1) is 28.0. The zero-order valence-corrected chi connectivity index (χ0v) is 23.8. The largest absolute Gasteiger partial charge is 0.308 e. The Morgan fingerprint density at radius 3 is 1.88 bits per heavy atom. The van der Waals surface area contributed by atoms with Gasteiger partial charge in [0.1, 0.15) is 10.0 Å². The molecule has 0 spiro atoms. The molecule has 1 aliphatic carbocycles.